The molecular weight excluding hydrogens is 276 g/mol. The van der Waals surface area contributed by atoms with Gasteiger partial charge in [-0.2, -0.15) is 5.26 Å². The lowest BCUT2D eigenvalue weighted by Crippen LogP contribution is -2.38. The summed E-state index contributed by atoms with van der Waals surface area (Å²) in [6, 6.07) is 13.4. The number of hydrogen-bond donors (Lipinski definition) is 0. The van der Waals surface area contributed by atoms with E-state index < -0.39 is 0 Å². The van der Waals surface area contributed by atoms with Gasteiger partial charge in [0.25, 0.3) is 0 Å². The molecule has 1 saturated carbocycles. The number of likely N-dealkylation sites (tertiary alicyclic amines) is 1. The molecule has 1 aromatic rings. The highest BCUT2D eigenvalue weighted by Crippen LogP contribution is 2.46. The molecule has 4 atom stereocenters. The van der Waals surface area contributed by atoms with Crippen LogP contribution in [-0.2, 0) is 6.54 Å². The summed E-state index contributed by atoms with van der Waals surface area (Å²) in [6.45, 7) is 2.11. The van der Waals surface area contributed by atoms with E-state index in [1.54, 1.807) is 0 Å². The molecule has 2 nitrogen and oxygen atoms in total. The summed E-state index contributed by atoms with van der Waals surface area (Å²) in [4.78, 5) is 2.98. The van der Waals surface area contributed by atoms with Gasteiger partial charge in [0.05, 0.1) is 12.0 Å². The van der Waals surface area contributed by atoms with Crippen molar-refractivity contribution in [3.05, 3.63) is 35.9 Å². The molecule has 1 heterocycles. The first kappa shape index (κ1) is 11.3. The molecule has 1 aromatic carbocycles. The topological polar surface area (TPSA) is 27.0 Å². The molecule has 17 heavy (non-hydrogen) atoms. The van der Waals surface area contributed by atoms with Crippen molar-refractivity contribution in [2.45, 2.75) is 23.8 Å². The Morgan fingerprint density at radius 1 is 1.35 bits per heavy atom. The zero-order valence-corrected chi connectivity index (χ0v) is 11.2. The lowest BCUT2D eigenvalue weighted by atomic mass is 9.99. The molecule has 88 valence electrons. The SMILES string of the molecule is N#C[C@@H]1C[C@@H]2CN(Cc3ccccc3)[C@H]1[C@@H]2Br. The molecule has 3 heteroatoms. The maximum Gasteiger partial charge on any atom is 0.0672 e. The highest BCUT2D eigenvalue weighted by Gasteiger charge is 2.51. The van der Waals surface area contributed by atoms with Gasteiger partial charge in [0.15, 0.2) is 0 Å². The van der Waals surface area contributed by atoms with Gasteiger partial charge in [-0.3, -0.25) is 4.90 Å². The third-order valence-electron chi connectivity index (χ3n) is 4.03. The van der Waals surface area contributed by atoms with Crippen molar-refractivity contribution in [3.8, 4) is 6.07 Å². The van der Waals surface area contributed by atoms with Gasteiger partial charge < -0.3 is 0 Å². The minimum atomic E-state index is 0.210. The van der Waals surface area contributed by atoms with Crippen molar-refractivity contribution >= 4 is 15.9 Å². The second kappa shape index (κ2) is 4.44. The quantitative estimate of drug-likeness (QED) is 0.783. The molecule has 2 aliphatic rings. The second-order valence-electron chi connectivity index (χ2n) is 5.08. The molecular formula is C14H15BrN2. The number of nitrogens with zero attached hydrogens (tertiary/aromatic N) is 2. The maximum absolute atomic E-state index is 9.19. The standard InChI is InChI=1S/C14H15BrN2/c15-13-12-6-11(7-16)14(13)17(9-12)8-10-4-2-1-3-5-10/h1-5,11-14H,6,8-9H2/t11-,12+,13+,14+/m0/s1. The first-order valence-corrected chi connectivity index (χ1v) is 7.03. The van der Waals surface area contributed by atoms with Gasteiger partial charge in [0.2, 0.25) is 0 Å². The Labute approximate surface area is 110 Å². The van der Waals surface area contributed by atoms with E-state index in [1.807, 2.05) is 6.07 Å². The van der Waals surface area contributed by atoms with Crippen LogP contribution in [0, 0.1) is 23.2 Å². The number of fused-ring (bicyclic) bond motifs is 2. The van der Waals surface area contributed by atoms with Gasteiger partial charge in [0.1, 0.15) is 0 Å². The first-order valence-electron chi connectivity index (χ1n) is 6.11. The fourth-order valence-corrected chi connectivity index (χ4v) is 4.35. The molecule has 3 rings (SSSR count). The van der Waals surface area contributed by atoms with Crippen LogP contribution in [0.25, 0.3) is 0 Å². The van der Waals surface area contributed by atoms with Crippen LogP contribution in [0.4, 0.5) is 0 Å². The van der Waals surface area contributed by atoms with Crippen LogP contribution in [0.3, 0.4) is 0 Å². The normalized spacial score (nSPS) is 36.0. The van der Waals surface area contributed by atoms with Crippen molar-refractivity contribution in [2.24, 2.45) is 11.8 Å². The molecule has 0 unspecified atom stereocenters. The number of nitriles is 1. The summed E-state index contributed by atoms with van der Waals surface area (Å²) < 4.78 is 0. The highest BCUT2D eigenvalue weighted by atomic mass is 79.9. The third-order valence-corrected chi connectivity index (χ3v) is 5.32. The van der Waals surface area contributed by atoms with Crippen LogP contribution in [-0.4, -0.2) is 22.3 Å². The lowest BCUT2D eigenvalue weighted by molar-refractivity contribution is 0.176. The maximum atomic E-state index is 9.19. The van der Waals surface area contributed by atoms with Crippen molar-refractivity contribution < 1.29 is 0 Å². The molecule has 1 saturated heterocycles. The van der Waals surface area contributed by atoms with Gasteiger partial charge >= 0.3 is 0 Å². The molecule has 0 spiro atoms. The number of piperidine rings is 1. The Balaban J connectivity index is 1.76. The minimum absolute atomic E-state index is 0.210. The highest BCUT2D eigenvalue weighted by molar-refractivity contribution is 9.09. The summed E-state index contributed by atoms with van der Waals surface area (Å²) in [5.41, 5.74) is 1.34. The Morgan fingerprint density at radius 3 is 2.76 bits per heavy atom. The summed E-state index contributed by atoms with van der Waals surface area (Å²) in [5.74, 6) is 0.871. The van der Waals surface area contributed by atoms with Crippen LogP contribution in [0.1, 0.15) is 12.0 Å². The monoisotopic (exact) mass is 290 g/mol. The van der Waals surface area contributed by atoms with Crippen molar-refractivity contribution in [1.29, 1.82) is 5.26 Å². The van der Waals surface area contributed by atoms with E-state index in [9.17, 15) is 5.26 Å². The zero-order valence-electron chi connectivity index (χ0n) is 9.59. The number of hydrogen-bond acceptors (Lipinski definition) is 2. The summed E-state index contributed by atoms with van der Waals surface area (Å²) >= 11 is 3.77. The molecule has 0 radical (unpaired) electrons. The molecule has 0 N–H and O–H groups in total. The average molecular weight is 291 g/mol. The summed E-state index contributed by atoms with van der Waals surface area (Å²) in [7, 11) is 0. The number of benzene rings is 1. The van der Waals surface area contributed by atoms with E-state index in [2.05, 4.69) is 51.2 Å². The number of rotatable bonds is 2. The van der Waals surface area contributed by atoms with Crippen LogP contribution in [0.5, 0.6) is 0 Å². The lowest BCUT2D eigenvalue weighted by Gasteiger charge is -2.29. The van der Waals surface area contributed by atoms with Gasteiger partial charge in [-0.1, -0.05) is 46.3 Å². The van der Waals surface area contributed by atoms with Crippen LogP contribution in [0.15, 0.2) is 30.3 Å². The van der Waals surface area contributed by atoms with Crippen LogP contribution >= 0.6 is 15.9 Å². The second-order valence-corrected chi connectivity index (χ2v) is 6.14. The minimum Gasteiger partial charge on any atom is -0.293 e. The predicted octanol–water partition coefficient (Wildman–Crippen LogP) is 2.79. The Kier molecular flexibility index (Phi) is 2.94. The zero-order chi connectivity index (χ0) is 11.8. The van der Waals surface area contributed by atoms with E-state index in [1.165, 1.54) is 5.56 Å². The molecule has 1 aliphatic heterocycles. The largest absolute Gasteiger partial charge is 0.293 e. The molecule has 0 amide bonds. The number of alkyl halides is 1. The Morgan fingerprint density at radius 2 is 2.12 bits per heavy atom. The molecule has 0 aromatic heterocycles. The van der Waals surface area contributed by atoms with Gasteiger partial charge in [-0.25, -0.2) is 0 Å². The molecule has 1 aliphatic carbocycles. The smallest absolute Gasteiger partial charge is 0.0672 e. The molecule has 2 fully saturated rings. The molecule has 2 bridgehead atoms. The van der Waals surface area contributed by atoms with Gasteiger partial charge in [0, 0.05) is 24.0 Å². The van der Waals surface area contributed by atoms with E-state index in [0.717, 1.165) is 19.5 Å². The third kappa shape index (κ3) is 1.90. The Bertz CT molecular complexity index is 439. The summed E-state index contributed by atoms with van der Waals surface area (Å²) in [5, 5.41) is 9.19. The summed E-state index contributed by atoms with van der Waals surface area (Å²) in [6.07, 6.45) is 1.07. The van der Waals surface area contributed by atoms with E-state index in [0.29, 0.717) is 16.8 Å². The van der Waals surface area contributed by atoms with E-state index in [4.69, 9.17) is 0 Å². The number of halogens is 1. The van der Waals surface area contributed by atoms with Crippen LogP contribution < -0.4 is 0 Å². The average Bonchev–Trinajstić information content (AvgIpc) is 2.83. The van der Waals surface area contributed by atoms with Crippen molar-refractivity contribution in [1.82, 2.24) is 4.90 Å². The predicted molar refractivity (Wildman–Crippen MR) is 70.6 cm³/mol. The van der Waals surface area contributed by atoms with Crippen LogP contribution in [0.2, 0.25) is 0 Å². The van der Waals surface area contributed by atoms with Gasteiger partial charge in [-0.15, -0.1) is 0 Å². The van der Waals surface area contributed by atoms with Gasteiger partial charge in [-0.05, 0) is 17.9 Å². The first-order chi connectivity index (χ1) is 8.29. The Hall–Kier alpha value is -0.850. The van der Waals surface area contributed by atoms with E-state index >= 15 is 0 Å². The van der Waals surface area contributed by atoms with E-state index in [-0.39, 0.29) is 5.92 Å². The van der Waals surface area contributed by atoms with Crippen molar-refractivity contribution in [3.63, 3.8) is 0 Å². The fourth-order valence-electron chi connectivity index (χ4n) is 3.27. The van der Waals surface area contributed by atoms with Crippen molar-refractivity contribution in [2.75, 3.05) is 6.54 Å². The fraction of sp³-hybridized carbons (Fsp3) is 0.500.